The number of hydrogen-bond acceptors (Lipinski definition) is 7. The lowest BCUT2D eigenvalue weighted by molar-refractivity contribution is 0.480. The van der Waals surface area contributed by atoms with Crippen LogP contribution in [0.25, 0.3) is 54.6 Å². The van der Waals surface area contributed by atoms with Gasteiger partial charge in [0.25, 0.3) is 0 Å². The van der Waals surface area contributed by atoms with Crippen LogP contribution < -0.4 is 21.9 Å². The van der Waals surface area contributed by atoms with Crippen LogP contribution in [0.5, 0.6) is 5.75 Å². The normalized spacial score (nSPS) is 16.1. The number of rotatable bonds is 0. The number of allylic oxidation sites excluding steroid dienone is 2. The topological polar surface area (TPSA) is 105 Å². The molecule has 0 saturated heterocycles. The predicted molar refractivity (Wildman–Crippen MR) is 189 cm³/mol. The first-order chi connectivity index (χ1) is 21.7. The second-order valence-corrected chi connectivity index (χ2v) is 13.5. The largest absolute Gasteiger partial charge is 0.507 e. The SMILES string of the molecule is CC1=CC(C)(C)Nc2ccc3c(c21)c(=O)oc1cccc(C)c13.CC1=CC(C)(C)Nc2ccc3c(c21)c(=O)oc1cccc(O)c13. The summed E-state index contributed by atoms with van der Waals surface area (Å²) in [5, 5.41) is 21.6. The van der Waals surface area contributed by atoms with Gasteiger partial charge in [-0.25, -0.2) is 9.59 Å². The molecule has 0 unspecified atom stereocenters. The number of phenols is 1. The zero-order chi connectivity index (χ0) is 32.7. The van der Waals surface area contributed by atoms with Gasteiger partial charge in [0, 0.05) is 38.7 Å². The molecule has 0 atom stereocenters. The molecule has 2 aliphatic rings. The maximum atomic E-state index is 12.7. The lowest BCUT2D eigenvalue weighted by atomic mass is 9.88. The minimum Gasteiger partial charge on any atom is -0.507 e. The molecule has 0 aliphatic carbocycles. The molecule has 2 aliphatic heterocycles. The van der Waals surface area contributed by atoms with Crippen LogP contribution in [-0.4, -0.2) is 16.2 Å². The Kier molecular flexibility index (Phi) is 6.46. The van der Waals surface area contributed by atoms with Crippen molar-refractivity contribution >= 4 is 66.0 Å². The van der Waals surface area contributed by atoms with Crippen molar-refractivity contribution in [2.75, 3.05) is 10.6 Å². The van der Waals surface area contributed by atoms with Crippen molar-refractivity contribution in [1.82, 2.24) is 0 Å². The fraction of sp³-hybridized carbons (Fsp3) is 0.231. The molecule has 4 aromatic carbocycles. The van der Waals surface area contributed by atoms with Gasteiger partial charge in [-0.3, -0.25) is 0 Å². The Balaban J connectivity index is 0.000000147. The number of fused-ring (bicyclic) bond motifs is 10. The molecule has 6 aromatic rings. The monoisotopic (exact) mass is 612 g/mol. The Hall–Kier alpha value is -5.30. The van der Waals surface area contributed by atoms with E-state index in [1.54, 1.807) is 18.2 Å². The molecule has 0 spiro atoms. The average Bonchev–Trinajstić information content (AvgIpc) is 2.96. The smallest absolute Gasteiger partial charge is 0.344 e. The highest BCUT2D eigenvalue weighted by Gasteiger charge is 2.27. The van der Waals surface area contributed by atoms with Crippen LogP contribution in [-0.2, 0) is 0 Å². The highest BCUT2D eigenvalue weighted by molar-refractivity contribution is 6.13. The molecular weight excluding hydrogens is 576 g/mol. The molecule has 4 heterocycles. The van der Waals surface area contributed by atoms with Gasteiger partial charge in [0.1, 0.15) is 16.9 Å². The van der Waals surface area contributed by atoms with Gasteiger partial charge in [-0.15, -0.1) is 0 Å². The average molecular weight is 613 g/mol. The fourth-order valence-electron chi connectivity index (χ4n) is 7.31. The van der Waals surface area contributed by atoms with Crippen LogP contribution in [0.4, 0.5) is 11.4 Å². The van der Waals surface area contributed by atoms with E-state index in [4.69, 9.17) is 8.83 Å². The zero-order valence-corrected chi connectivity index (χ0v) is 27.0. The summed E-state index contributed by atoms with van der Waals surface area (Å²) >= 11 is 0. The Morgan fingerprint density at radius 3 is 1.57 bits per heavy atom. The Morgan fingerprint density at radius 1 is 0.587 bits per heavy atom. The van der Waals surface area contributed by atoms with Crippen molar-refractivity contribution in [3.05, 3.63) is 110 Å². The third-order valence-corrected chi connectivity index (χ3v) is 8.86. The molecular formula is C39H36N2O5. The molecule has 0 saturated carbocycles. The Labute approximate surface area is 265 Å². The summed E-state index contributed by atoms with van der Waals surface area (Å²) in [5.74, 6) is 0.113. The predicted octanol–water partition coefficient (Wildman–Crippen LogP) is 9.12. The third-order valence-electron chi connectivity index (χ3n) is 8.86. The number of nitrogens with one attached hydrogen (secondary N) is 2. The Bertz CT molecular complexity index is 2290. The van der Waals surface area contributed by atoms with Gasteiger partial charge in [0.15, 0.2) is 0 Å². The van der Waals surface area contributed by atoms with Crippen molar-refractivity contribution in [2.24, 2.45) is 0 Å². The molecule has 0 fully saturated rings. The number of anilines is 2. The van der Waals surface area contributed by atoms with E-state index in [2.05, 4.69) is 63.5 Å². The molecule has 232 valence electrons. The number of aryl methyl sites for hydroxylation is 1. The van der Waals surface area contributed by atoms with Gasteiger partial charge in [-0.1, -0.05) is 42.5 Å². The second kappa shape index (κ2) is 10.1. The maximum Gasteiger partial charge on any atom is 0.344 e. The minimum atomic E-state index is -0.385. The number of benzene rings is 4. The van der Waals surface area contributed by atoms with Crippen molar-refractivity contribution in [3.63, 3.8) is 0 Å². The van der Waals surface area contributed by atoms with Crippen LogP contribution in [0.15, 0.2) is 91.2 Å². The summed E-state index contributed by atoms with van der Waals surface area (Å²) in [6, 6.07) is 18.7. The quantitative estimate of drug-likeness (QED) is 0.116. The summed E-state index contributed by atoms with van der Waals surface area (Å²) in [6.45, 7) is 14.5. The van der Waals surface area contributed by atoms with Gasteiger partial charge in [-0.2, -0.15) is 0 Å². The lowest BCUT2D eigenvalue weighted by Crippen LogP contribution is -2.31. The molecule has 8 rings (SSSR count). The Morgan fingerprint density at radius 2 is 1.04 bits per heavy atom. The van der Waals surface area contributed by atoms with Crippen molar-refractivity contribution in [3.8, 4) is 5.75 Å². The van der Waals surface area contributed by atoms with Crippen LogP contribution in [0, 0.1) is 6.92 Å². The van der Waals surface area contributed by atoms with Crippen LogP contribution in [0.1, 0.15) is 58.2 Å². The highest BCUT2D eigenvalue weighted by atomic mass is 16.4. The van der Waals surface area contributed by atoms with Crippen LogP contribution >= 0.6 is 0 Å². The molecule has 0 radical (unpaired) electrons. The van der Waals surface area contributed by atoms with Gasteiger partial charge in [0.2, 0.25) is 0 Å². The van der Waals surface area contributed by atoms with E-state index in [0.717, 1.165) is 50.0 Å². The third kappa shape index (κ3) is 4.66. The summed E-state index contributed by atoms with van der Waals surface area (Å²) in [6.07, 6.45) is 4.26. The van der Waals surface area contributed by atoms with Crippen LogP contribution in [0.2, 0.25) is 0 Å². The zero-order valence-electron chi connectivity index (χ0n) is 27.0. The summed E-state index contributed by atoms with van der Waals surface area (Å²) in [5.41, 5.74) is 7.03. The molecule has 7 nitrogen and oxygen atoms in total. The highest BCUT2D eigenvalue weighted by Crippen LogP contribution is 2.41. The first-order valence-electron chi connectivity index (χ1n) is 15.4. The molecule has 0 bridgehead atoms. The summed E-state index contributed by atoms with van der Waals surface area (Å²) < 4.78 is 11.1. The van der Waals surface area contributed by atoms with Crippen molar-refractivity contribution in [2.45, 2.75) is 59.5 Å². The molecule has 0 amide bonds. The van der Waals surface area contributed by atoms with E-state index in [-0.39, 0.29) is 28.1 Å². The van der Waals surface area contributed by atoms with Gasteiger partial charge < -0.3 is 24.6 Å². The summed E-state index contributed by atoms with van der Waals surface area (Å²) in [4.78, 5) is 25.2. The molecule has 7 heteroatoms. The second-order valence-electron chi connectivity index (χ2n) is 13.5. The summed E-state index contributed by atoms with van der Waals surface area (Å²) in [7, 11) is 0. The molecule has 3 N–H and O–H groups in total. The van der Waals surface area contributed by atoms with E-state index in [9.17, 15) is 14.7 Å². The first kappa shape index (κ1) is 29.4. The van der Waals surface area contributed by atoms with Gasteiger partial charge in [-0.05, 0) is 95.5 Å². The van der Waals surface area contributed by atoms with E-state index in [1.807, 2.05) is 50.2 Å². The first-order valence-corrected chi connectivity index (χ1v) is 15.4. The van der Waals surface area contributed by atoms with Crippen LogP contribution in [0.3, 0.4) is 0 Å². The molecule has 46 heavy (non-hydrogen) atoms. The van der Waals surface area contributed by atoms with Gasteiger partial charge >= 0.3 is 11.3 Å². The van der Waals surface area contributed by atoms with Crippen molar-refractivity contribution < 1.29 is 13.9 Å². The lowest BCUT2D eigenvalue weighted by Gasteiger charge is -2.32. The number of phenolic OH excluding ortho intramolecular Hbond substituents is 1. The standard InChI is InChI=1S/C20H19NO2.C19H17NO3/c1-11-6-5-7-15-16(11)13-8-9-14-17(18(13)19(22)23-15)12(2)10-20(3,4)21-14;1-10-9-19(2,3)20-12-8-7-11-16-13(21)5-4-6-14(16)23-18(22)17(11)15(10)12/h5-10,21H,1-4H3;4-9,20-21H,1-3H3. The maximum absolute atomic E-state index is 12.7. The van der Waals surface area contributed by atoms with Crippen molar-refractivity contribution in [1.29, 1.82) is 0 Å². The number of hydrogen-bond donors (Lipinski definition) is 3. The fourth-order valence-corrected chi connectivity index (χ4v) is 7.31. The van der Waals surface area contributed by atoms with Gasteiger partial charge in [0.05, 0.1) is 27.2 Å². The number of aromatic hydroxyl groups is 1. The molecule has 2 aromatic heterocycles. The van der Waals surface area contributed by atoms with E-state index < -0.39 is 0 Å². The van der Waals surface area contributed by atoms with E-state index in [0.29, 0.717) is 32.7 Å². The van der Waals surface area contributed by atoms with E-state index >= 15 is 0 Å². The minimum absolute atomic E-state index is 0.113. The van der Waals surface area contributed by atoms with E-state index in [1.165, 1.54) is 0 Å².